The number of alkyl halides is 3. The number of piperidine rings is 1. The van der Waals surface area contributed by atoms with Gasteiger partial charge in [0.25, 0.3) is 5.91 Å². The van der Waals surface area contributed by atoms with Crippen LogP contribution in [0, 0.1) is 17.3 Å². The van der Waals surface area contributed by atoms with E-state index in [4.69, 9.17) is 9.47 Å². The number of aliphatic carboxylic acids is 1. The van der Waals surface area contributed by atoms with Gasteiger partial charge in [-0.05, 0) is 84.7 Å². The molecule has 1 aromatic carbocycles. The minimum absolute atomic E-state index is 0.0421. The number of pyridine rings is 2. The molecule has 1 aliphatic heterocycles. The van der Waals surface area contributed by atoms with Gasteiger partial charge in [-0.1, -0.05) is 26.8 Å². The highest BCUT2D eigenvalue weighted by molar-refractivity contribution is 6.09. The molecule has 258 valence electrons. The van der Waals surface area contributed by atoms with E-state index < -0.39 is 29.2 Å². The van der Waals surface area contributed by atoms with Crippen LogP contribution in [0.15, 0.2) is 54.7 Å². The Kier molecular flexibility index (Phi) is 10.5. The lowest BCUT2D eigenvalue weighted by Crippen LogP contribution is -2.41. The first-order valence-corrected chi connectivity index (χ1v) is 16.3. The molecule has 1 aliphatic carbocycles. The van der Waals surface area contributed by atoms with E-state index in [1.54, 1.807) is 31.5 Å². The molecule has 2 fully saturated rings. The van der Waals surface area contributed by atoms with E-state index in [0.29, 0.717) is 48.5 Å². The summed E-state index contributed by atoms with van der Waals surface area (Å²) in [5, 5.41) is 9.39. The molecule has 1 saturated carbocycles. The van der Waals surface area contributed by atoms with Crippen molar-refractivity contribution in [3.05, 3.63) is 71.5 Å². The number of hydrogen-bond donors (Lipinski definition) is 1. The Hall–Kier alpha value is -4.35. The molecule has 1 atom stereocenters. The van der Waals surface area contributed by atoms with Gasteiger partial charge in [0, 0.05) is 38.0 Å². The molecule has 3 heterocycles. The molecule has 1 amide bonds. The zero-order valence-electron chi connectivity index (χ0n) is 27.8. The highest BCUT2D eigenvalue weighted by atomic mass is 19.4. The monoisotopic (exact) mass is 668 g/mol. The third kappa shape index (κ3) is 8.96. The normalized spacial score (nSPS) is 16.4. The summed E-state index contributed by atoms with van der Waals surface area (Å²) in [6, 6.07) is 12.5. The Morgan fingerprint density at radius 1 is 1.04 bits per heavy atom. The molecular weight excluding hydrogens is 625 g/mol. The van der Waals surface area contributed by atoms with E-state index in [0.717, 1.165) is 37.3 Å². The second-order valence-corrected chi connectivity index (χ2v) is 13.9. The zero-order valence-corrected chi connectivity index (χ0v) is 27.8. The standard InChI is InChI=1S/C36H43F3N4O5/c1-35(2,3)22-43(31-7-5-6-30(41-31)36(37,38)39)34(46)27-11-10-26(47-4)19-29(27)42-16-13-23(14-17-42)21-48-32-18-25(12-15-40-32)28(20-33(44)45)24-8-9-24/h5-7,10-12,15,18-19,23-24,28H,8-9,13-14,16-17,20-22H2,1-4H3,(H,44,45). The van der Waals surface area contributed by atoms with Gasteiger partial charge < -0.3 is 19.5 Å². The molecule has 1 N–H and O–H groups in total. The van der Waals surface area contributed by atoms with Gasteiger partial charge in [-0.25, -0.2) is 9.97 Å². The van der Waals surface area contributed by atoms with Crippen LogP contribution in [-0.4, -0.2) is 60.3 Å². The Morgan fingerprint density at radius 2 is 1.77 bits per heavy atom. The fourth-order valence-corrected chi connectivity index (χ4v) is 6.21. The van der Waals surface area contributed by atoms with Crippen LogP contribution in [0.5, 0.6) is 11.6 Å². The number of nitrogens with zero attached hydrogens (tertiary/aromatic N) is 4. The lowest BCUT2D eigenvalue weighted by Gasteiger charge is -2.36. The van der Waals surface area contributed by atoms with Crippen LogP contribution in [0.2, 0.25) is 0 Å². The number of benzene rings is 1. The van der Waals surface area contributed by atoms with Crippen molar-refractivity contribution in [2.75, 3.05) is 43.2 Å². The van der Waals surface area contributed by atoms with Gasteiger partial charge in [-0.2, -0.15) is 13.2 Å². The van der Waals surface area contributed by atoms with Gasteiger partial charge >= 0.3 is 12.1 Å². The predicted molar refractivity (Wildman–Crippen MR) is 176 cm³/mol. The molecule has 1 unspecified atom stereocenters. The van der Waals surface area contributed by atoms with Crippen molar-refractivity contribution < 1.29 is 37.3 Å². The summed E-state index contributed by atoms with van der Waals surface area (Å²) in [6.45, 7) is 7.58. The number of carbonyl (C=O) groups excluding carboxylic acids is 1. The molecule has 48 heavy (non-hydrogen) atoms. The van der Waals surface area contributed by atoms with Crippen molar-refractivity contribution in [2.24, 2.45) is 17.3 Å². The zero-order chi connectivity index (χ0) is 34.6. The Labute approximate surface area is 279 Å². The second-order valence-electron chi connectivity index (χ2n) is 13.9. The summed E-state index contributed by atoms with van der Waals surface area (Å²) in [5.74, 6) is 0.285. The van der Waals surface area contributed by atoms with E-state index in [1.807, 2.05) is 32.9 Å². The number of amides is 1. The van der Waals surface area contributed by atoms with Crippen molar-refractivity contribution in [2.45, 2.75) is 65.0 Å². The number of methoxy groups -OCH3 is 1. The molecule has 2 aliphatic rings. The second kappa shape index (κ2) is 14.4. The number of carboxylic acids is 1. The Morgan fingerprint density at radius 3 is 2.40 bits per heavy atom. The minimum Gasteiger partial charge on any atom is -0.497 e. The first-order valence-electron chi connectivity index (χ1n) is 16.3. The first-order chi connectivity index (χ1) is 22.7. The predicted octanol–water partition coefficient (Wildman–Crippen LogP) is 7.46. The van der Waals surface area contributed by atoms with Gasteiger partial charge in [0.1, 0.15) is 17.3 Å². The molecule has 0 spiro atoms. The Balaban J connectivity index is 1.30. The highest BCUT2D eigenvalue weighted by Gasteiger charge is 2.36. The first kappa shape index (κ1) is 35.0. The summed E-state index contributed by atoms with van der Waals surface area (Å²) < 4.78 is 52.3. The summed E-state index contributed by atoms with van der Waals surface area (Å²) in [6.07, 6.45) is 0.725. The van der Waals surface area contributed by atoms with Crippen molar-refractivity contribution in [3.8, 4) is 11.6 Å². The van der Waals surface area contributed by atoms with Crippen LogP contribution in [0.3, 0.4) is 0 Å². The molecule has 1 saturated heterocycles. The van der Waals surface area contributed by atoms with Crippen LogP contribution in [0.25, 0.3) is 0 Å². The summed E-state index contributed by atoms with van der Waals surface area (Å²) >= 11 is 0. The fourth-order valence-electron chi connectivity index (χ4n) is 6.21. The van der Waals surface area contributed by atoms with Crippen LogP contribution < -0.4 is 19.3 Å². The third-order valence-electron chi connectivity index (χ3n) is 8.81. The van der Waals surface area contributed by atoms with E-state index in [2.05, 4.69) is 14.9 Å². The Bertz CT molecular complexity index is 1600. The fraction of sp³-hybridized carbons (Fsp3) is 0.500. The maximum Gasteiger partial charge on any atom is 0.433 e. The lowest BCUT2D eigenvalue weighted by atomic mass is 9.92. The van der Waals surface area contributed by atoms with Gasteiger partial charge in [-0.15, -0.1) is 0 Å². The van der Waals surface area contributed by atoms with E-state index in [-0.39, 0.29) is 30.6 Å². The van der Waals surface area contributed by atoms with Crippen LogP contribution in [-0.2, 0) is 11.0 Å². The van der Waals surface area contributed by atoms with Gasteiger partial charge in [-0.3, -0.25) is 14.5 Å². The molecule has 2 aromatic heterocycles. The number of rotatable bonds is 12. The smallest absolute Gasteiger partial charge is 0.433 e. The molecule has 5 rings (SSSR count). The summed E-state index contributed by atoms with van der Waals surface area (Å²) in [4.78, 5) is 37.3. The quantitative estimate of drug-likeness (QED) is 0.212. The largest absolute Gasteiger partial charge is 0.497 e. The number of halogens is 3. The minimum atomic E-state index is -4.65. The molecule has 0 radical (unpaired) electrons. The average Bonchev–Trinajstić information content (AvgIpc) is 3.90. The van der Waals surface area contributed by atoms with Crippen molar-refractivity contribution in [1.29, 1.82) is 0 Å². The molecular formula is C36H43F3N4O5. The van der Waals surface area contributed by atoms with E-state index in [1.165, 1.54) is 17.0 Å². The van der Waals surface area contributed by atoms with Crippen molar-refractivity contribution in [1.82, 2.24) is 9.97 Å². The molecule has 9 nitrogen and oxygen atoms in total. The van der Waals surface area contributed by atoms with Gasteiger partial charge in [0.05, 0.1) is 31.4 Å². The number of aromatic nitrogens is 2. The SMILES string of the molecule is COc1ccc(C(=O)N(CC(C)(C)C)c2cccc(C(F)(F)F)n2)c(N2CCC(COc3cc(C(CC(=O)O)C4CC4)ccn3)CC2)c1. The highest BCUT2D eigenvalue weighted by Crippen LogP contribution is 2.45. The number of carboxylic acid groups (broad SMARTS) is 1. The lowest BCUT2D eigenvalue weighted by molar-refractivity contribution is -0.141. The summed E-state index contributed by atoms with van der Waals surface area (Å²) in [7, 11) is 1.54. The number of hydrogen-bond acceptors (Lipinski definition) is 7. The van der Waals surface area contributed by atoms with Crippen molar-refractivity contribution >= 4 is 23.4 Å². The molecule has 0 bridgehead atoms. The van der Waals surface area contributed by atoms with E-state index >= 15 is 0 Å². The van der Waals surface area contributed by atoms with Crippen LogP contribution in [0.4, 0.5) is 24.7 Å². The molecule has 12 heteroatoms. The van der Waals surface area contributed by atoms with Crippen LogP contribution >= 0.6 is 0 Å². The van der Waals surface area contributed by atoms with Crippen LogP contribution in [0.1, 0.15) is 80.4 Å². The topological polar surface area (TPSA) is 105 Å². The van der Waals surface area contributed by atoms with E-state index in [9.17, 15) is 27.9 Å². The third-order valence-corrected chi connectivity index (χ3v) is 8.81. The van der Waals surface area contributed by atoms with Crippen molar-refractivity contribution in [3.63, 3.8) is 0 Å². The maximum atomic E-state index is 14.2. The van der Waals surface area contributed by atoms with Gasteiger partial charge in [0.2, 0.25) is 5.88 Å². The molecule has 3 aromatic rings. The maximum absolute atomic E-state index is 14.2. The number of carbonyl (C=O) groups is 2. The number of ether oxygens (including phenoxy) is 2. The summed E-state index contributed by atoms with van der Waals surface area (Å²) in [5.41, 5.74) is 0.441. The van der Waals surface area contributed by atoms with Gasteiger partial charge in [0.15, 0.2) is 0 Å². The average molecular weight is 669 g/mol. The number of anilines is 2.